The topological polar surface area (TPSA) is 62.3 Å². The van der Waals surface area contributed by atoms with Gasteiger partial charge in [-0.3, -0.25) is 14.6 Å². The first-order chi connectivity index (χ1) is 10.8. The van der Waals surface area contributed by atoms with E-state index in [9.17, 15) is 22.8 Å². The summed E-state index contributed by atoms with van der Waals surface area (Å²) in [7, 11) is 0. The zero-order valence-corrected chi connectivity index (χ0v) is 12.6. The summed E-state index contributed by atoms with van der Waals surface area (Å²) in [5.74, 6) is -2.45. The molecule has 1 aliphatic rings. The molecule has 0 bridgehead atoms. The fraction of sp³-hybridized carbons (Fsp3) is 0.533. The molecule has 1 N–H and O–H groups in total. The van der Waals surface area contributed by atoms with E-state index in [-0.39, 0.29) is 37.9 Å². The fourth-order valence-corrected chi connectivity index (χ4v) is 2.56. The molecule has 126 valence electrons. The maximum Gasteiger partial charge on any atom is 0.471 e. The van der Waals surface area contributed by atoms with E-state index >= 15 is 0 Å². The number of hydrogen-bond acceptors (Lipinski definition) is 3. The second kappa shape index (κ2) is 6.97. The number of carbonyl (C=O) groups is 2. The Bertz CT molecular complexity index is 555. The molecule has 0 aromatic carbocycles. The molecule has 8 heteroatoms. The number of hydrogen-bond donors (Lipinski definition) is 1. The standard InChI is InChI=1S/C15H18F3N3O2/c1-10(12-4-2-3-7-19-12)20-13(22)11-5-8-21(9-6-11)14(23)15(16,17)18/h2-4,7,10-11H,5-6,8-9H2,1H3,(H,20,22). The van der Waals surface area contributed by atoms with Gasteiger partial charge in [-0.2, -0.15) is 13.2 Å². The van der Waals surface area contributed by atoms with Crippen molar-refractivity contribution in [3.05, 3.63) is 30.1 Å². The number of amides is 2. The molecule has 5 nitrogen and oxygen atoms in total. The zero-order chi connectivity index (χ0) is 17.0. The largest absolute Gasteiger partial charge is 0.471 e. The van der Waals surface area contributed by atoms with Crippen molar-refractivity contribution in [1.29, 1.82) is 0 Å². The lowest BCUT2D eigenvalue weighted by Gasteiger charge is -2.32. The molecular formula is C15H18F3N3O2. The Hall–Kier alpha value is -2.12. The third-order valence-electron chi connectivity index (χ3n) is 3.89. The molecule has 0 radical (unpaired) electrons. The maximum absolute atomic E-state index is 12.4. The first kappa shape index (κ1) is 17.2. The van der Waals surface area contributed by atoms with Crippen molar-refractivity contribution >= 4 is 11.8 Å². The highest BCUT2D eigenvalue weighted by Crippen LogP contribution is 2.24. The van der Waals surface area contributed by atoms with E-state index in [1.54, 1.807) is 25.3 Å². The third kappa shape index (κ3) is 4.43. The molecule has 1 fully saturated rings. The summed E-state index contributed by atoms with van der Waals surface area (Å²) < 4.78 is 37.1. The van der Waals surface area contributed by atoms with Crippen LogP contribution in [0.4, 0.5) is 13.2 Å². The highest BCUT2D eigenvalue weighted by Gasteiger charge is 2.43. The molecule has 0 saturated carbocycles. The molecule has 0 aliphatic carbocycles. The minimum atomic E-state index is -4.86. The molecule has 2 rings (SSSR count). The highest BCUT2D eigenvalue weighted by molar-refractivity contribution is 5.83. The van der Waals surface area contributed by atoms with Gasteiger partial charge in [-0.05, 0) is 31.9 Å². The van der Waals surface area contributed by atoms with Crippen molar-refractivity contribution in [2.45, 2.75) is 32.0 Å². The summed E-state index contributed by atoms with van der Waals surface area (Å²) in [6.07, 6.45) is -2.78. The Morgan fingerprint density at radius 1 is 1.30 bits per heavy atom. The van der Waals surface area contributed by atoms with Crippen LogP contribution in [0.2, 0.25) is 0 Å². The Morgan fingerprint density at radius 2 is 1.96 bits per heavy atom. The first-order valence-corrected chi connectivity index (χ1v) is 7.36. The number of nitrogens with zero attached hydrogens (tertiary/aromatic N) is 2. The zero-order valence-electron chi connectivity index (χ0n) is 12.6. The van der Waals surface area contributed by atoms with Crippen LogP contribution in [0, 0.1) is 5.92 Å². The lowest BCUT2D eigenvalue weighted by Crippen LogP contribution is -2.47. The van der Waals surface area contributed by atoms with Gasteiger partial charge in [0.15, 0.2) is 0 Å². The van der Waals surface area contributed by atoms with Gasteiger partial charge in [0.05, 0.1) is 11.7 Å². The van der Waals surface area contributed by atoms with E-state index in [1.807, 2.05) is 6.07 Å². The first-order valence-electron chi connectivity index (χ1n) is 7.36. The smallest absolute Gasteiger partial charge is 0.348 e. The van der Waals surface area contributed by atoms with Crippen LogP contribution in [0.25, 0.3) is 0 Å². The summed E-state index contributed by atoms with van der Waals surface area (Å²) in [6, 6.07) is 5.09. The predicted molar refractivity (Wildman–Crippen MR) is 76.2 cm³/mol. The van der Waals surface area contributed by atoms with Crippen LogP contribution >= 0.6 is 0 Å². The lowest BCUT2D eigenvalue weighted by molar-refractivity contribution is -0.186. The normalized spacial score (nSPS) is 17.7. The Balaban J connectivity index is 1.85. The molecule has 1 aromatic rings. The SMILES string of the molecule is CC(NC(=O)C1CCN(C(=O)C(F)(F)F)CC1)c1ccccn1. The van der Waals surface area contributed by atoms with Crippen molar-refractivity contribution in [2.24, 2.45) is 5.92 Å². The van der Waals surface area contributed by atoms with Gasteiger partial charge in [-0.1, -0.05) is 6.07 Å². The number of piperidine rings is 1. The van der Waals surface area contributed by atoms with Gasteiger partial charge in [-0.15, -0.1) is 0 Å². The van der Waals surface area contributed by atoms with Crippen LogP contribution < -0.4 is 5.32 Å². The lowest BCUT2D eigenvalue weighted by atomic mass is 9.95. The van der Waals surface area contributed by atoms with Crippen LogP contribution in [0.15, 0.2) is 24.4 Å². The molecule has 2 amide bonds. The minimum absolute atomic E-state index is 0.0611. The number of carbonyl (C=O) groups excluding carboxylic acids is 2. The number of likely N-dealkylation sites (tertiary alicyclic amines) is 1. The fourth-order valence-electron chi connectivity index (χ4n) is 2.56. The molecule has 1 unspecified atom stereocenters. The molecule has 2 heterocycles. The molecule has 0 spiro atoms. The van der Waals surface area contributed by atoms with E-state index in [0.29, 0.717) is 5.69 Å². The minimum Gasteiger partial charge on any atom is -0.348 e. The van der Waals surface area contributed by atoms with Gasteiger partial charge in [-0.25, -0.2) is 0 Å². The van der Waals surface area contributed by atoms with E-state index in [4.69, 9.17) is 0 Å². The Morgan fingerprint density at radius 3 is 2.48 bits per heavy atom. The molecule has 1 saturated heterocycles. The van der Waals surface area contributed by atoms with Crippen LogP contribution in [0.5, 0.6) is 0 Å². The monoisotopic (exact) mass is 329 g/mol. The summed E-state index contributed by atoms with van der Waals surface area (Å²) in [5.41, 5.74) is 0.713. The van der Waals surface area contributed by atoms with Gasteiger partial charge in [0.25, 0.3) is 0 Å². The summed E-state index contributed by atoms with van der Waals surface area (Å²) >= 11 is 0. The molecule has 1 atom stereocenters. The molecule has 1 aliphatic heterocycles. The van der Waals surface area contributed by atoms with Crippen LogP contribution in [0.1, 0.15) is 31.5 Å². The van der Waals surface area contributed by atoms with Crippen molar-refractivity contribution in [1.82, 2.24) is 15.2 Å². The number of alkyl halides is 3. The second-order valence-corrected chi connectivity index (χ2v) is 5.55. The van der Waals surface area contributed by atoms with Crippen molar-refractivity contribution < 1.29 is 22.8 Å². The average molecular weight is 329 g/mol. The quantitative estimate of drug-likeness (QED) is 0.923. The third-order valence-corrected chi connectivity index (χ3v) is 3.89. The van der Waals surface area contributed by atoms with Crippen LogP contribution in [-0.4, -0.2) is 41.0 Å². The van der Waals surface area contributed by atoms with E-state index in [0.717, 1.165) is 4.90 Å². The van der Waals surface area contributed by atoms with Crippen molar-refractivity contribution in [3.63, 3.8) is 0 Å². The Labute approximate surface area is 131 Å². The summed E-state index contributed by atoms with van der Waals surface area (Å²) in [4.78, 5) is 28.2. The molecule has 1 aromatic heterocycles. The summed E-state index contributed by atoms with van der Waals surface area (Å²) in [6.45, 7) is 1.67. The van der Waals surface area contributed by atoms with E-state index < -0.39 is 18.0 Å². The molecular weight excluding hydrogens is 311 g/mol. The number of pyridine rings is 1. The van der Waals surface area contributed by atoms with Crippen LogP contribution in [-0.2, 0) is 9.59 Å². The van der Waals surface area contributed by atoms with Gasteiger partial charge >= 0.3 is 12.1 Å². The molecule has 23 heavy (non-hydrogen) atoms. The predicted octanol–water partition coefficient (Wildman–Crippen LogP) is 2.06. The number of halogens is 3. The maximum atomic E-state index is 12.4. The summed E-state index contributed by atoms with van der Waals surface area (Å²) in [5, 5.41) is 2.81. The van der Waals surface area contributed by atoms with Gasteiger partial charge < -0.3 is 10.2 Å². The average Bonchev–Trinajstić information content (AvgIpc) is 2.54. The van der Waals surface area contributed by atoms with E-state index in [1.165, 1.54) is 0 Å². The van der Waals surface area contributed by atoms with Crippen LogP contribution in [0.3, 0.4) is 0 Å². The van der Waals surface area contributed by atoms with Gasteiger partial charge in [0.2, 0.25) is 5.91 Å². The Kier molecular flexibility index (Phi) is 5.23. The second-order valence-electron chi connectivity index (χ2n) is 5.55. The number of nitrogens with one attached hydrogen (secondary N) is 1. The van der Waals surface area contributed by atoms with Gasteiger partial charge in [0, 0.05) is 25.2 Å². The van der Waals surface area contributed by atoms with Crippen molar-refractivity contribution in [2.75, 3.05) is 13.1 Å². The number of aromatic nitrogens is 1. The van der Waals surface area contributed by atoms with E-state index in [2.05, 4.69) is 10.3 Å². The van der Waals surface area contributed by atoms with Gasteiger partial charge in [0.1, 0.15) is 0 Å². The highest BCUT2D eigenvalue weighted by atomic mass is 19.4. The van der Waals surface area contributed by atoms with Crippen molar-refractivity contribution in [3.8, 4) is 0 Å². The number of rotatable bonds is 3.